The molecule has 0 aliphatic carbocycles. The van der Waals surface area contributed by atoms with Crippen LogP contribution in [0.25, 0.3) is 0 Å². The Morgan fingerprint density at radius 3 is 2.49 bits per heavy atom. The van der Waals surface area contributed by atoms with E-state index >= 15 is 0 Å². The normalized spacial score (nSPS) is 14.7. The largest absolute Gasteiger partial charge is 0.454 e. The van der Waals surface area contributed by atoms with Crippen LogP contribution in [0.4, 0.5) is 5.69 Å². The lowest BCUT2D eigenvalue weighted by Crippen LogP contribution is -2.35. The smallest absolute Gasteiger partial charge is 0.338 e. The van der Waals surface area contributed by atoms with Crippen LogP contribution in [0, 0.1) is 0 Å². The molecule has 9 nitrogen and oxygen atoms in total. The molecule has 3 aromatic carbocycles. The van der Waals surface area contributed by atoms with Gasteiger partial charge < -0.3 is 19.5 Å². The summed E-state index contributed by atoms with van der Waals surface area (Å²) >= 11 is 0. The van der Waals surface area contributed by atoms with E-state index < -0.39 is 28.5 Å². The van der Waals surface area contributed by atoms with Crippen molar-refractivity contribution in [2.75, 3.05) is 25.3 Å². The summed E-state index contributed by atoms with van der Waals surface area (Å²) in [7, 11) is -3.71. The second-order valence-corrected chi connectivity index (χ2v) is 10.0. The monoisotopic (exact) mass is 494 g/mol. The van der Waals surface area contributed by atoms with E-state index in [9.17, 15) is 18.0 Å². The van der Waals surface area contributed by atoms with Gasteiger partial charge in [-0.05, 0) is 53.9 Å². The van der Waals surface area contributed by atoms with Gasteiger partial charge in [-0.15, -0.1) is 0 Å². The third-order valence-corrected chi connectivity index (χ3v) is 7.67. The van der Waals surface area contributed by atoms with E-state index in [-0.39, 0.29) is 17.3 Å². The van der Waals surface area contributed by atoms with Gasteiger partial charge >= 0.3 is 5.97 Å². The number of ether oxygens (including phenoxy) is 3. The highest BCUT2D eigenvalue weighted by Gasteiger charge is 2.28. The molecule has 10 heteroatoms. The fourth-order valence-electron chi connectivity index (χ4n) is 3.97. The highest BCUT2D eigenvalue weighted by Crippen LogP contribution is 2.34. The number of nitrogens with zero attached hydrogens (tertiary/aromatic N) is 1. The van der Waals surface area contributed by atoms with Crippen molar-refractivity contribution in [1.82, 2.24) is 4.31 Å². The predicted molar refractivity (Wildman–Crippen MR) is 126 cm³/mol. The molecule has 0 bridgehead atoms. The number of esters is 1. The minimum atomic E-state index is -3.71. The van der Waals surface area contributed by atoms with Gasteiger partial charge in [-0.3, -0.25) is 4.79 Å². The zero-order valence-electron chi connectivity index (χ0n) is 18.6. The quantitative estimate of drug-likeness (QED) is 0.525. The summed E-state index contributed by atoms with van der Waals surface area (Å²) in [5.74, 6) is -0.155. The van der Waals surface area contributed by atoms with Crippen molar-refractivity contribution < 1.29 is 32.2 Å². The van der Waals surface area contributed by atoms with Crippen LogP contribution >= 0.6 is 0 Å². The van der Waals surface area contributed by atoms with Crippen LogP contribution in [0.3, 0.4) is 0 Å². The van der Waals surface area contributed by atoms with Gasteiger partial charge in [0.1, 0.15) is 0 Å². The van der Waals surface area contributed by atoms with E-state index in [0.717, 1.165) is 11.1 Å². The Morgan fingerprint density at radius 1 is 0.943 bits per heavy atom. The average molecular weight is 495 g/mol. The molecule has 0 radical (unpaired) electrons. The lowest BCUT2D eigenvalue weighted by Gasteiger charge is -2.28. The molecule has 2 heterocycles. The number of benzene rings is 3. The number of amides is 1. The molecule has 5 rings (SSSR count). The number of anilines is 1. The molecular weight excluding hydrogens is 472 g/mol. The number of sulfonamides is 1. The molecule has 2 aliphatic rings. The fourth-order valence-corrected chi connectivity index (χ4v) is 5.39. The predicted octanol–water partition coefficient (Wildman–Crippen LogP) is 2.96. The summed E-state index contributed by atoms with van der Waals surface area (Å²) in [6, 6.07) is 18.2. The molecule has 35 heavy (non-hydrogen) atoms. The molecular formula is C25H22N2O7S. The maximum Gasteiger partial charge on any atom is 0.338 e. The molecule has 0 unspecified atom stereocenters. The summed E-state index contributed by atoms with van der Waals surface area (Å²) < 4.78 is 43.1. The van der Waals surface area contributed by atoms with Crippen molar-refractivity contribution >= 4 is 27.6 Å². The maximum absolute atomic E-state index is 13.1. The molecule has 1 N–H and O–H groups in total. The Labute approximate surface area is 202 Å². The van der Waals surface area contributed by atoms with Crippen molar-refractivity contribution in [3.8, 4) is 11.5 Å². The van der Waals surface area contributed by atoms with Gasteiger partial charge in [-0.1, -0.05) is 24.3 Å². The van der Waals surface area contributed by atoms with Crippen molar-refractivity contribution in [3.05, 3.63) is 83.4 Å². The number of hydrogen-bond acceptors (Lipinski definition) is 7. The lowest BCUT2D eigenvalue weighted by molar-refractivity contribution is -0.119. The van der Waals surface area contributed by atoms with Crippen LogP contribution < -0.4 is 14.8 Å². The minimum absolute atomic E-state index is 0.0917. The molecule has 0 saturated heterocycles. The summed E-state index contributed by atoms with van der Waals surface area (Å²) in [5.41, 5.74) is 2.76. The van der Waals surface area contributed by atoms with E-state index in [1.54, 1.807) is 18.2 Å². The first-order chi connectivity index (χ1) is 16.9. The summed E-state index contributed by atoms with van der Waals surface area (Å²) in [6.45, 7) is 0.319. The molecule has 0 fully saturated rings. The SMILES string of the molecule is O=C(COC(=O)c1ccc(S(=O)(=O)N2CCc3ccccc3C2)cc1)Nc1ccc2c(c1)OCO2. The Bertz CT molecular complexity index is 1390. The van der Waals surface area contributed by atoms with Gasteiger partial charge in [0.2, 0.25) is 16.8 Å². The Hall–Kier alpha value is -3.89. The molecule has 0 spiro atoms. The minimum Gasteiger partial charge on any atom is -0.454 e. The molecule has 0 aromatic heterocycles. The Morgan fingerprint density at radius 2 is 1.69 bits per heavy atom. The highest BCUT2D eigenvalue weighted by molar-refractivity contribution is 7.89. The lowest BCUT2D eigenvalue weighted by atomic mass is 10.0. The molecule has 0 atom stereocenters. The average Bonchev–Trinajstić information content (AvgIpc) is 3.35. The Balaban J connectivity index is 1.18. The van der Waals surface area contributed by atoms with E-state index in [2.05, 4.69) is 5.32 Å². The van der Waals surface area contributed by atoms with Crippen LogP contribution in [0.1, 0.15) is 21.5 Å². The summed E-state index contributed by atoms with van der Waals surface area (Å²) in [6.07, 6.45) is 0.647. The topological polar surface area (TPSA) is 111 Å². The zero-order chi connectivity index (χ0) is 24.4. The van der Waals surface area contributed by atoms with Crippen molar-refractivity contribution in [3.63, 3.8) is 0 Å². The molecule has 180 valence electrons. The van der Waals surface area contributed by atoms with Crippen LogP contribution in [0.15, 0.2) is 71.6 Å². The number of hydrogen-bond donors (Lipinski definition) is 1. The summed E-state index contributed by atoms with van der Waals surface area (Å²) in [5, 5.41) is 2.61. The van der Waals surface area contributed by atoms with Gasteiger partial charge in [0, 0.05) is 24.8 Å². The number of fused-ring (bicyclic) bond motifs is 2. The second kappa shape index (κ2) is 9.40. The molecule has 3 aromatic rings. The van der Waals surface area contributed by atoms with Gasteiger partial charge in [0.15, 0.2) is 18.1 Å². The van der Waals surface area contributed by atoms with E-state index in [1.807, 2.05) is 24.3 Å². The third kappa shape index (κ3) is 4.84. The van der Waals surface area contributed by atoms with Gasteiger partial charge in [-0.2, -0.15) is 4.31 Å². The van der Waals surface area contributed by atoms with E-state index in [1.165, 1.54) is 28.6 Å². The zero-order valence-corrected chi connectivity index (χ0v) is 19.4. The van der Waals surface area contributed by atoms with Crippen molar-refractivity contribution in [1.29, 1.82) is 0 Å². The van der Waals surface area contributed by atoms with E-state index in [4.69, 9.17) is 14.2 Å². The van der Waals surface area contributed by atoms with Crippen molar-refractivity contribution in [2.45, 2.75) is 17.9 Å². The molecule has 2 aliphatic heterocycles. The standard InChI is InChI=1S/C25H22N2O7S/c28-24(26-20-7-10-22-23(13-20)34-16-33-22)15-32-25(29)18-5-8-21(9-6-18)35(30,31)27-12-11-17-3-1-2-4-19(17)14-27/h1-10,13H,11-12,14-16H2,(H,26,28). The second-order valence-electron chi connectivity index (χ2n) is 8.07. The fraction of sp³-hybridized carbons (Fsp3) is 0.200. The van der Waals surface area contributed by atoms with Crippen LogP contribution in [-0.4, -0.2) is 44.5 Å². The number of carbonyl (C=O) groups excluding carboxylic acids is 2. The maximum atomic E-state index is 13.1. The van der Waals surface area contributed by atoms with Crippen LogP contribution in [0.2, 0.25) is 0 Å². The number of nitrogens with one attached hydrogen (secondary N) is 1. The molecule has 0 saturated carbocycles. The first kappa shape index (κ1) is 22.9. The third-order valence-electron chi connectivity index (χ3n) is 5.81. The highest BCUT2D eigenvalue weighted by atomic mass is 32.2. The van der Waals surface area contributed by atoms with Gasteiger partial charge in [-0.25, -0.2) is 13.2 Å². The van der Waals surface area contributed by atoms with E-state index in [0.29, 0.717) is 36.7 Å². The van der Waals surface area contributed by atoms with Crippen molar-refractivity contribution in [2.24, 2.45) is 0 Å². The molecule has 1 amide bonds. The van der Waals surface area contributed by atoms with Gasteiger partial charge in [0.05, 0.1) is 10.5 Å². The van der Waals surface area contributed by atoms with Crippen LogP contribution in [0.5, 0.6) is 11.5 Å². The number of carbonyl (C=O) groups is 2. The van der Waals surface area contributed by atoms with Gasteiger partial charge in [0.25, 0.3) is 5.91 Å². The van der Waals surface area contributed by atoms with Crippen LogP contribution in [-0.2, 0) is 32.5 Å². The number of rotatable bonds is 6. The summed E-state index contributed by atoms with van der Waals surface area (Å²) in [4.78, 5) is 24.6. The first-order valence-corrected chi connectivity index (χ1v) is 12.4. The first-order valence-electron chi connectivity index (χ1n) is 10.9. The Kier molecular flexibility index (Phi) is 6.14.